The van der Waals surface area contributed by atoms with Gasteiger partial charge in [0.25, 0.3) is 10.0 Å². The summed E-state index contributed by atoms with van der Waals surface area (Å²) in [5, 5.41) is 9.10. The molecule has 6 nitrogen and oxygen atoms in total. The Kier molecular flexibility index (Phi) is 4.93. The molecule has 2 aromatic rings. The molecular weight excluding hydrogens is 338 g/mol. The van der Waals surface area contributed by atoms with Crippen molar-refractivity contribution in [3.63, 3.8) is 0 Å². The van der Waals surface area contributed by atoms with Crippen LogP contribution < -0.4 is 9.62 Å². The van der Waals surface area contributed by atoms with Crippen molar-refractivity contribution in [3.8, 4) is 6.07 Å². The molecule has 1 saturated heterocycles. The number of benzene rings is 2. The van der Waals surface area contributed by atoms with Crippen LogP contribution in [0.25, 0.3) is 0 Å². The van der Waals surface area contributed by atoms with Crippen LogP contribution in [0.4, 0.5) is 11.4 Å². The number of ether oxygens (including phenoxy) is 1. The van der Waals surface area contributed by atoms with Crippen molar-refractivity contribution in [2.75, 3.05) is 29.4 Å². The molecule has 2 aromatic carbocycles. The Morgan fingerprint density at radius 1 is 1.20 bits per heavy atom. The lowest BCUT2D eigenvalue weighted by Crippen LogP contribution is -2.43. The van der Waals surface area contributed by atoms with Gasteiger partial charge in [0, 0.05) is 24.0 Å². The van der Waals surface area contributed by atoms with Crippen LogP contribution in [0.3, 0.4) is 0 Å². The number of morpholine rings is 1. The van der Waals surface area contributed by atoms with Crippen LogP contribution in [-0.4, -0.2) is 34.2 Å². The van der Waals surface area contributed by atoms with Crippen molar-refractivity contribution in [3.05, 3.63) is 54.1 Å². The zero-order valence-corrected chi connectivity index (χ0v) is 14.7. The van der Waals surface area contributed by atoms with Crippen molar-refractivity contribution < 1.29 is 13.2 Å². The van der Waals surface area contributed by atoms with E-state index in [1.54, 1.807) is 24.3 Å². The summed E-state index contributed by atoms with van der Waals surface area (Å²) in [6, 6.07) is 15.5. The molecule has 1 aliphatic rings. The van der Waals surface area contributed by atoms with Crippen molar-refractivity contribution in [2.45, 2.75) is 17.9 Å². The first kappa shape index (κ1) is 17.3. The highest BCUT2D eigenvalue weighted by molar-refractivity contribution is 7.92. The highest BCUT2D eigenvalue weighted by atomic mass is 32.2. The number of sulfonamides is 1. The van der Waals surface area contributed by atoms with Gasteiger partial charge in [-0.1, -0.05) is 12.1 Å². The van der Waals surface area contributed by atoms with E-state index in [1.165, 1.54) is 12.1 Å². The van der Waals surface area contributed by atoms with Crippen LogP contribution in [0, 0.1) is 11.3 Å². The molecule has 130 valence electrons. The van der Waals surface area contributed by atoms with Crippen LogP contribution in [-0.2, 0) is 14.8 Å². The van der Waals surface area contributed by atoms with Crippen molar-refractivity contribution in [1.29, 1.82) is 5.26 Å². The van der Waals surface area contributed by atoms with Crippen LogP contribution in [0.5, 0.6) is 0 Å². The molecule has 3 rings (SSSR count). The summed E-state index contributed by atoms with van der Waals surface area (Å²) < 4.78 is 33.0. The lowest BCUT2D eigenvalue weighted by molar-refractivity contribution is 0.0989. The fourth-order valence-corrected chi connectivity index (χ4v) is 4.05. The average Bonchev–Trinajstić information content (AvgIpc) is 2.62. The molecule has 7 heteroatoms. The van der Waals surface area contributed by atoms with Gasteiger partial charge >= 0.3 is 0 Å². The van der Waals surface area contributed by atoms with E-state index in [0.717, 1.165) is 12.2 Å². The van der Waals surface area contributed by atoms with Gasteiger partial charge in [-0.25, -0.2) is 8.42 Å². The molecule has 0 radical (unpaired) electrons. The molecule has 25 heavy (non-hydrogen) atoms. The molecule has 0 spiro atoms. The Morgan fingerprint density at radius 2 is 1.92 bits per heavy atom. The van der Waals surface area contributed by atoms with Gasteiger partial charge in [-0.05, 0) is 43.3 Å². The third kappa shape index (κ3) is 3.76. The first-order valence-electron chi connectivity index (χ1n) is 7.97. The van der Waals surface area contributed by atoms with E-state index >= 15 is 0 Å². The van der Waals surface area contributed by atoms with E-state index in [1.807, 2.05) is 18.2 Å². The molecule has 1 heterocycles. The maximum atomic E-state index is 12.5. The Hall–Kier alpha value is -2.56. The molecule has 1 aliphatic heterocycles. The number of rotatable bonds is 4. The molecule has 0 amide bonds. The van der Waals surface area contributed by atoms with Crippen LogP contribution in [0.2, 0.25) is 0 Å². The minimum absolute atomic E-state index is 0.0246. The molecular formula is C18H19N3O3S. The van der Waals surface area contributed by atoms with E-state index in [9.17, 15) is 8.42 Å². The molecule has 1 unspecified atom stereocenters. The van der Waals surface area contributed by atoms with Gasteiger partial charge in [-0.15, -0.1) is 0 Å². The highest BCUT2D eigenvalue weighted by Gasteiger charge is 2.20. The quantitative estimate of drug-likeness (QED) is 0.909. The second-order valence-corrected chi connectivity index (χ2v) is 7.53. The molecule has 0 aliphatic carbocycles. The van der Waals surface area contributed by atoms with E-state index in [-0.39, 0.29) is 16.5 Å². The summed E-state index contributed by atoms with van der Waals surface area (Å²) in [6.45, 7) is 4.26. The third-order valence-electron chi connectivity index (χ3n) is 4.12. The fourth-order valence-electron chi connectivity index (χ4n) is 2.84. The van der Waals surface area contributed by atoms with Crippen LogP contribution in [0.1, 0.15) is 12.5 Å². The number of nitrogens with one attached hydrogen (secondary N) is 1. The minimum atomic E-state index is -3.81. The number of hydrogen-bond donors (Lipinski definition) is 1. The Bertz CT molecular complexity index is 889. The summed E-state index contributed by atoms with van der Waals surface area (Å²) in [4.78, 5) is 2.20. The standard InChI is InChI=1S/C18H19N3O3S/c1-14-13-24-11-10-21(14)17-8-6-16(7-9-17)20-25(22,23)18-5-3-2-4-15(18)12-19/h2-9,14,20H,10-11,13H2,1H3. The average molecular weight is 357 g/mol. The Balaban J connectivity index is 1.80. The number of anilines is 2. The molecule has 0 aromatic heterocycles. The predicted molar refractivity (Wildman–Crippen MR) is 96.0 cm³/mol. The van der Waals surface area contributed by atoms with Crippen molar-refractivity contribution in [1.82, 2.24) is 0 Å². The second kappa shape index (κ2) is 7.13. The number of hydrogen-bond acceptors (Lipinski definition) is 5. The zero-order chi connectivity index (χ0) is 17.9. The van der Waals surface area contributed by atoms with Gasteiger partial charge in [0.1, 0.15) is 11.0 Å². The van der Waals surface area contributed by atoms with E-state index in [0.29, 0.717) is 18.9 Å². The normalized spacial score (nSPS) is 17.8. The molecule has 1 N–H and O–H groups in total. The van der Waals surface area contributed by atoms with Crippen LogP contribution >= 0.6 is 0 Å². The maximum absolute atomic E-state index is 12.5. The highest BCUT2D eigenvalue weighted by Crippen LogP contribution is 2.24. The van der Waals surface area contributed by atoms with E-state index in [2.05, 4.69) is 16.5 Å². The lowest BCUT2D eigenvalue weighted by atomic mass is 10.2. The lowest BCUT2D eigenvalue weighted by Gasteiger charge is -2.35. The van der Waals surface area contributed by atoms with Crippen molar-refractivity contribution in [2.24, 2.45) is 0 Å². The molecule has 1 atom stereocenters. The Labute approximate surface area is 147 Å². The number of nitrogens with zero attached hydrogens (tertiary/aromatic N) is 2. The first-order valence-corrected chi connectivity index (χ1v) is 9.46. The van der Waals surface area contributed by atoms with Gasteiger partial charge in [0.15, 0.2) is 0 Å². The topological polar surface area (TPSA) is 82.4 Å². The summed E-state index contributed by atoms with van der Waals surface area (Å²) in [5.74, 6) is 0. The van der Waals surface area contributed by atoms with Gasteiger partial charge in [0.2, 0.25) is 0 Å². The summed E-state index contributed by atoms with van der Waals surface area (Å²) in [6.07, 6.45) is 0. The van der Waals surface area contributed by atoms with Gasteiger partial charge in [-0.3, -0.25) is 4.72 Å². The number of nitriles is 1. The monoisotopic (exact) mass is 357 g/mol. The van der Waals surface area contributed by atoms with Crippen LogP contribution in [0.15, 0.2) is 53.4 Å². The smallest absolute Gasteiger partial charge is 0.263 e. The van der Waals surface area contributed by atoms with E-state index in [4.69, 9.17) is 10.00 Å². The first-order chi connectivity index (χ1) is 12.0. The van der Waals surface area contributed by atoms with Gasteiger partial charge < -0.3 is 9.64 Å². The fraction of sp³-hybridized carbons (Fsp3) is 0.278. The summed E-state index contributed by atoms with van der Waals surface area (Å²) in [5.41, 5.74) is 1.60. The van der Waals surface area contributed by atoms with Gasteiger partial charge in [-0.2, -0.15) is 5.26 Å². The SMILES string of the molecule is CC1COCCN1c1ccc(NS(=O)(=O)c2ccccc2C#N)cc1. The third-order valence-corrected chi connectivity index (χ3v) is 5.56. The molecule has 1 fully saturated rings. The minimum Gasteiger partial charge on any atom is -0.377 e. The van der Waals surface area contributed by atoms with E-state index < -0.39 is 10.0 Å². The molecule has 0 bridgehead atoms. The van der Waals surface area contributed by atoms with Crippen molar-refractivity contribution >= 4 is 21.4 Å². The Morgan fingerprint density at radius 3 is 2.60 bits per heavy atom. The zero-order valence-electron chi connectivity index (χ0n) is 13.8. The summed E-state index contributed by atoms with van der Waals surface area (Å²) in [7, 11) is -3.81. The maximum Gasteiger partial charge on any atom is 0.263 e. The van der Waals surface area contributed by atoms with Gasteiger partial charge in [0.05, 0.1) is 18.8 Å². The summed E-state index contributed by atoms with van der Waals surface area (Å²) >= 11 is 0. The predicted octanol–water partition coefficient (Wildman–Crippen LogP) is 2.58. The largest absolute Gasteiger partial charge is 0.377 e. The molecule has 0 saturated carbocycles. The second-order valence-electron chi connectivity index (χ2n) is 5.88.